The molecule has 12 nitrogen and oxygen atoms in total. The number of imidazole rings is 1. The number of aliphatic hydroxyl groups excluding tert-OH is 1. The van der Waals surface area contributed by atoms with E-state index in [1.54, 1.807) is 0 Å². The van der Waals surface area contributed by atoms with Crippen LogP contribution in [0, 0.1) is 0 Å². The fraction of sp³-hybridized carbons (Fsp3) is 0.588. The van der Waals surface area contributed by atoms with Crippen LogP contribution < -0.4 is 21.7 Å². The quantitative estimate of drug-likeness (QED) is 0.134. The summed E-state index contributed by atoms with van der Waals surface area (Å²) in [6, 6.07) is -4.65. The molecule has 1 rings (SSSR count). The third kappa shape index (κ3) is 9.16. The van der Waals surface area contributed by atoms with Gasteiger partial charge in [0.05, 0.1) is 19.0 Å². The van der Waals surface area contributed by atoms with E-state index in [1.807, 2.05) is 6.26 Å². The zero-order valence-corrected chi connectivity index (χ0v) is 18.6. The fourth-order valence-electron chi connectivity index (χ4n) is 2.40. The monoisotopic (exact) mass is 476 g/mol. The number of aliphatic carboxylic acids is 1. The second-order valence-electron chi connectivity index (χ2n) is 6.56. The van der Waals surface area contributed by atoms with Crippen LogP contribution in [0.15, 0.2) is 12.5 Å². The van der Waals surface area contributed by atoms with E-state index in [4.69, 9.17) is 5.73 Å². The highest BCUT2D eigenvalue weighted by Crippen LogP contribution is 2.02. The predicted molar refractivity (Wildman–Crippen MR) is 118 cm³/mol. The number of thioether (sulfide) groups is 1. The highest BCUT2D eigenvalue weighted by molar-refractivity contribution is 7.98. The summed E-state index contributed by atoms with van der Waals surface area (Å²) in [6.45, 7) is -0.783. The number of amides is 3. The van der Waals surface area contributed by atoms with Gasteiger partial charge < -0.3 is 36.9 Å². The third-order valence-corrected chi connectivity index (χ3v) is 5.20. The lowest BCUT2D eigenvalue weighted by atomic mass is 10.1. The summed E-state index contributed by atoms with van der Waals surface area (Å²) in [5, 5.41) is 25.8. The Balaban J connectivity index is 2.70. The van der Waals surface area contributed by atoms with E-state index in [0.29, 0.717) is 17.9 Å². The number of carbonyl (C=O) groups is 4. The van der Waals surface area contributed by atoms with Crippen LogP contribution in [0.3, 0.4) is 0 Å². The first-order valence-electron chi connectivity index (χ1n) is 9.30. The molecule has 14 heteroatoms. The number of carboxylic acid groups (broad SMARTS) is 1. The van der Waals surface area contributed by atoms with Crippen LogP contribution in [0.4, 0.5) is 0 Å². The van der Waals surface area contributed by atoms with Gasteiger partial charge in [-0.05, 0) is 18.4 Å². The van der Waals surface area contributed by atoms with Gasteiger partial charge in [-0.3, -0.25) is 14.4 Å². The van der Waals surface area contributed by atoms with Gasteiger partial charge in [-0.25, -0.2) is 9.78 Å². The molecule has 4 unspecified atom stereocenters. The molecular weight excluding hydrogens is 448 g/mol. The summed E-state index contributed by atoms with van der Waals surface area (Å²) in [5.41, 5.74) is 6.25. The second-order valence-corrected chi connectivity index (χ2v) is 7.91. The molecule has 0 radical (unpaired) electrons. The Labute approximate surface area is 188 Å². The number of nitrogens with zero attached hydrogens (tertiary/aromatic N) is 1. The number of hydrogen-bond donors (Lipinski definition) is 8. The van der Waals surface area contributed by atoms with Crippen molar-refractivity contribution in [3.05, 3.63) is 18.2 Å². The summed E-state index contributed by atoms with van der Waals surface area (Å²) in [6.07, 6.45) is 5.00. The number of aromatic amines is 1. The molecule has 1 aromatic rings. The topological polar surface area (TPSA) is 200 Å². The molecular formula is C17H28N6O6S2. The number of carbonyl (C=O) groups excluding carboxylic acids is 3. The average Bonchev–Trinajstić information content (AvgIpc) is 3.25. The molecule has 0 aromatic carbocycles. The van der Waals surface area contributed by atoms with E-state index in [1.165, 1.54) is 24.3 Å². The zero-order valence-electron chi connectivity index (χ0n) is 16.9. The van der Waals surface area contributed by atoms with Crippen molar-refractivity contribution >= 4 is 48.1 Å². The summed E-state index contributed by atoms with van der Waals surface area (Å²) in [7, 11) is 0. The van der Waals surface area contributed by atoms with Crippen molar-refractivity contribution in [3.8, 4) is 0 Å². The van der Waals surface area contributed by atoms with Gasteiger partial charge in [-0.1, -0.05) is 0 Å². The summed E-state index contributed by atoms with van der Waals surface area (Å²) in [4.78, 5) is 54.9. The molecule has 4 atom stereocenters. The number of H-pyrrole nitrogens is 1. The molecule has 31 heavy (non-hydrogen) atoms. The minimum atomic E-state index is -1.43. The van der Waals surface area contributed by atoms with Crippen molar-refractivity contribution in [2.75, 3.05) is 24.4 Å². The largest absolute Gasteiger partial charge is 0.480 e. The standard InChI is InChI=1S/C17H28N6O6S2/c1-31-3-2-10(18)14(25)23-13(7-30)16(27)22-12(6-24)15(26)21-11(17(28)29)4-9-5-19-8-20-9/h5,8,10-13,24,30H,2-4,6-7,18H2,1H3,(H,19,20)(H,21,26)(H,22,27)(H,23,25)(H,28,29). The first-order chi connectivity index (χ1) is 14.7. The first kappa shape index (κ1) is 26.7. The molecule has 3 amide bonds. The van der Waals surface area contributed by atoms with Gasteiger partial charge in [0, 0.05) is 24.1 Å². The Morgan fingerprint density at radius 1 is 1.16 bits per heavy atom. The van der Waals surface area contributed by atoms with Crippen LogP contribution in [0.5, 0.6) is 0 Å². The van der Waals surface area contributed by atoms with Crippen molar-refractivity contribution in [1.29, 1.82) is 0 Å². The molecule has 0 saturated carbocycles. The molecule has 0 bridgehead atoms. The molecule has 1 aromatic heterocycles. The molecule has 0 aliphatic heterocycles. The van der Waals surface area contributed by atoms with Gasteiger partial charge in [0.25, 0.3) is 0 Å². The molecule has 0 aliphatic carbocycles. The maximum Gasteiger partial charge on any atom is 0.326 e. The maximum absolute atomic E-state index is 12.5. The minimum absolute atomic E-state index is 0.0730. The van der Waals surface area contributed by atoms with E-state index >= 15 is 0 Å². The SMILES string of the molecule is CSCCC(N)C(=O)NC(CS)C(=O)NC(CO)C(=O)NC(Cc1cnc[nH]1)C(=O)O. The minimum Gasteiger partial charge on any atom is -0.480 e. The highest BCUT2D eigenvalue weighted by atomic mass is 32.2. The van der Waals surface area contributed by atoms with Crippen LogP contribution in [0.2, 0.25) is 0 Å². The van der Waals surface area contributed by atoms with Gasteiger partial charge in [-0.2, -0.15) is 24.4 Å². The Bertz CT molecular complexity index is 735. The first-order valence-corrected chi connectivity index (χ1v) is 11.3. The van der Waals surface area contributed by atoms with E-state index in [0.717, 1.165) is 0 Å². The summed E-state index contributed by atoms with van der Waals surface area (Å²) < 4.78 is 0. The number of hydrogen-bond acceptors (Lipinski definition) is 9. The molecule has 8 N–H and O–H groups in total. The number of aromatic nitrogens is 2. The van der Waals surface area contributed by atoms with Gasteiger partial charge >= 0.3 is 5.97 Å². The predicted octanol–water partition coefficient (Wildman–Crippen LogP) is -2.51. The number of aliphatic hydroxyl groups is 1. The van der Waals surface area contributed by atoms with E-state index in [-0.39, 0.29) is 12.2 Å². The highest BCUT2D eigenvalue weighted by Gasteiger charge is 2.29. The van der Waals surface area contributed by atoms with Crippen molar-refractivity contribution in [3.63, 3.8) is 0 Å². The van der Waals surface area contributed by atoms with Crippen LogP contribution in [-0.4, -0.2) is 92.4 Å². The maximum atomic E-state index is 12.5. The van der Waals surface area contributed by atoms with Gasteiger partial charge in [-0.15, -0.1) is 0 Å². The third-order valence-electron chi connectivity index (χ3n) is 4.19. The van der Waals surface area contributed by atoms with Crippen molar-refractivity contribution in [1.82, 2.24) is 25.9 Å². The van der Waals surface area contributed by atoms with Crippen molar-refractivity contribution in [2.45, 2.75) is 37.0 Å². The van der Waals surface area contributed by atoms with Crippen molar-refractivity contribution < 1.29 is 29.4 Å². The zero-order chi connectivity index (χ0) is 23.4. The average molecular weight is 477 g/mol. The normalized spacial score (nSPS) is 14.7. The number of nitrogens with one attached hydrogen (secondary N) is 4. The Hall–Kier alpha value is -2.29. The molecule has 0 aliphatic rings. The second kappa shape index (κ2) is 13.9. The van der Waals surface area contributed by atoms with Gasteiger partial charge in [0.2, 0.25) is 17.7 Å². The number of thiol groups is 1. The van der Waals surface area contributed by atoms with E-state index in [2.05, 4.69) is 38.5 Å². The van der Waals surface area contributed by atoms with Crippen molar-refractivity contribution in [2.24, 2.45) is 5.73 Å². The Morgan fingerprint density at radius 3 is 2.29 bits per heavy atom. The lowest BCUT2D eigenvalue weighted by Crippen LogP contribution is -2.58. The van der Waals surface area contributed by atoms with E-state index in [9.17, 15) is 29.4 Å². The molecule has 0 fully saturated rings. The molecule has 1 heterocycles. The summed E-state index contributed by atoms with van der Waals surface area (Å²) >= 11 is 5.56. The van der Waals surface area contributed by atoms with Crippen LogP contribution >= 0.6 is 24.4 Å². The molecule has 0 spiro atoms. The number of rotatable bonds is 14. The Morgan fingerprint density at radius 2 is 1.77 bits per heavy atom. The Kier molecular flexibility index (Phi) is 12.0. The fourth-order valence-corrected chi connectivity index (χ4v) is 3.15. The van der Waals surface area contributed by atoms with Crippen LogP contribution in [0.25, 0.3) is 0 Å². The van der Waals surface area contributed by atoms with Gasteiger partial charge in [0.15, 0.2) is 0 Å². The van der Waals surface area contributed by atoms with E-state index < -0.39 is 54.5 Å². The van der Waals surface area contributed by atoms with Gasteiger partial charge in [0.1, 0.15) is 18.1 Å². The number of carboxylic acids is 1. The summed E-state index contributed by atoms with van der Waals surface area (Å²) in [5.74, 6) is -2.92. The smallest absolute Gasteiger partial charge is 0.326 e. The van der Waals surface area contributed by atoms with Crippen LogP contribution in [-0.2, 0) is 25.6 Å². The molecule has 0 saturated heterocycles. The number of nitrogens with two attached hydrogens (primary N) is 1. The molecule has 174 valence electrons. The lowest BCUT2D eigenvalue weighted by molar-refractivity contribution is -0.142. The van der Waals surface area contributed by atoms with Crippen LogP contribution in [0.1, 0.15) is 12.1 Å². The lowest BCUT2D eigenvalue weighted by Gasteiger charge is -2.23.